The molecule has 94 valence electrons. The van der Waals surface area contributed by atoms with Gasteiger partial charge in [0.15, 0.2) is 6.29 Å². The van der Waals surface area contributed by atoms with Gasteiger partial charge in [-0.1, -0.05) is 13.8 Å². The molecule has 0 aromatic heterocycles. The van der Waals surface area contributed by atoms with Gasteiger partial charge in [0.05, 0.1) is 0 Å². The van der Waals surface area contributed by atoms with Crippen LogP contribution in [-0.2, 0) is 9.47 Å². The summed E-state index contributed by atoms with van der Waals surface area (Å²) >= 11 is 0. The van der Waals surface area contributed by atoms with Crippen LogP contribution in [0.25, 0.3) is 0 Å². The highest BCUT2D eigenvalue weighted by Crippen LogP contribution is 2.55. The van der Waals surface area contributed by atoms with E-state index in [1.165, 1.54) is 32.1 Å². The molecular weight excluding hydrogens is 200 g/mol. The van der Waals surface area contributed by atoms with Gasteiger partial charge in [0.2, 0.25) is 0 Å². The molecular formula is C14H26O2. The number of methoxy groups -OCH3 is 2. The molecule has 16 heavy (non-hydrogen) atoms. The van der Waals surface area contributed by atoms with Gasteiger partial charge in [-0.15, -0.1) is 0 Å². The molecule has 0 amide bonds. The van der Waals surface area contributed by atoms with Crippen molar-refractivity contribution in [1.29, 1.82) is 0 Å². The van der Waals surface area contributed by atoms with E-state index in [4.69, 9.17) is 9.47 Å². The Bertz CT molecular complexity index is 215. The van der Waals surface area contributed by atoms with E-state index < -0.39 is 0 Å². The zero-order valence-corrected chi connectivity index (χ0v) is 11.2. The van der Waals surface area contributed by atoms with Crippen LogP contribution in [0.5, 0.6) is 0 Å². The van der Waals surface area contributed by atoms with Gasteiger partial charge in [-0.05, 0) is 49.9 Å². The van der Waals surface area contributed by atoms with E-state index in [2.05, 4.69) is 13.8 Å². The average Bonchev–Trinajstić information content (AvgIpc) is 2.16. The number of fused-ring (bicyclic) bond motifs is 2. The lowest BCUT2D eigenvalue weighted by molar-refractivity contribution is -0.213. The lowest BCUT2D eigenvalue weighted by atomic mass is 9.56. The van der Waals surface area contributed by atoms with E-state index in [9.17, 15) is 0 Å². The van der Waals surface area contributed by atoms with Crippen molar-refractivity contribution in [3.8, 4) is 0 Å². The Labute approximate surface area is 99.7 Å². The fourth-order valence-electron chi connectivity index (χ4n) is 4.67. The van der Waals surface area contributed by atoms with Gasteiger partial charge in [0.25, 0.3) is 0 Å². The van der Waals surface area contributed by atoms with Gasteiger partial charge in [-0.2, -0.15) is 0 Å². The third kappa shape index (κ3) is 2.14. The maximum Gasteiger partial charge on any atom is 0.162 e. The maximum atomic E-state index is 5.59. The topological polar surface area (TPSA) is 18.5 Å². The Balaban J connectivity index is 2.20. The van der Waals surface area contributed by atoms with Crippen molar-refractivity contribution < 1.29 is 9.47 Å². The first kappa shape index (κ1) is 12.4. The molecule has 2 heteroatoms. The molecule has 2 bridgehead atoms. The summed E-state index contributed by atoms with van der Waals surface area (Å²) in [4.78, 5) is 0. The standard InChI is InChI=1S/C14H26O2/c1-10-5-12-6-11(2)8-14(7-10,9-12)13(15-3)16-4/h10-13H,5-9H2,1-4H3. The smallest absolute Gasteiger partial charge is 0.162 e. The van der Waals surface area contributed by atoms with Gasteiger partial charge < -0.3 is 9.47 Å². The predicted molar refractivity (Wildman–Crippen MR) is 65.1 cm³/mol. The van der Waals surface area contributed by atoms with Crippen LogP contribution < -0.4 is 0 Å². The minimum Gasteiger partial charge on any atom is -0.355 e. The molecule has 2 aliphatic rings. The molecule has 0 aromatic rings. The SMILES string of the molecule is COC(OC)C12CC(C)CC(CC(C)C1)C2. The summed E-state index contributed by atoms with van der Waals surface area (Å²) in [6.45, 7) is 4.78. The van der Waals surface area contributed by atoms with E-state index in [1.54, 1.807) is 14.2 Å². The van der Waals surface area contributed by atoms with E-state index in [0.717, 1.165) is 17.8 Å². The predicted octanol–water partition coefficient (Wildman–Crippen LogP) is 3.46. The van der Waals surface area contributed by atoms with Crippen LogP contribution in [0.15, 0.2) is 0 Å². The van der Waals surface area contributed by atoms with Gasteiger partial charge in [-0.25, -0.2) is 0 Å². The molecule has 0 heterocycles. The first-order valence-corrected chi connectivity index (χ1v) is 6.65. The first-order chi connectivity index (χ1) is 7.59. The summed E-state index contributed by atoms with van der Waals surface area (Å²) in [5, 5.41) is 0. The third-order valence-corrected chi connectivity index (χ3v) is 4.60. The molecule has 2 unspecified atom stereocenters. The zero-order chi connectivity index (χ0) is 11.8. The lowest BCUT2D eigenvalue weighted by Gasteiger charge is -2.52. The number of hydrogen-bond donors (Lipinski definition) is 0. The molecule has 2 saturated carbocycles. The van der Waals surface area contributed by atoms with Gasteiger partial charge in [-0.3, -0.25) is 0 Å². The number of rotatable bonds is 3. The minimum absolute atomic E-state index is 0.000463. The summed E-state index contributed by atoms with van der Waals surface area (Å²) < 4.78 is 11.2. The zero-order valence-electron chi connectivity index (χ0n) is 11.2. The molecule has 2 fully saturated rings. The van der Waals surface area contributed by atoms with Crippen LogP contribution in [0.4, 0.5) is 0 Å². The molecule has 0 N–H and O–H groups in total. The Hall–Kier alpha value is -0.0800. The maximum absolute atomic E-state index is 5.59. The van der Waals surface area contributed by atoms with Crippen LogP contribution in [0.2, 0.25) is 0 Å². The van der Waals surface area contributed by atoms with Crippen molar-refractivity contribution >= 4 is 0 Å². The second-order valence-electron chi connectivity index (χ2n) is 6.33. The molecule has 2 aliphatic carbocycles. The first-order valence-electron chi connectivity index (χ1n) is 6.65. The summed E-state index contributed by atoms with van der Waals surface area (Å²) in [5.41, 5.74) is 0.295. The average molecular weight is 226 g/mol. The molecule has 0 aromatic carbocycles. The van der Waals surface area contributed by atoms with E-state index >= 15 is 0 Å². The summed E-state index contributed by atoms with van der Waals surface area (Å²) in [6.07, 6.45) is 6.69. The number of ether oxygens (including phenoxy) is 2. The monoisotopic (exact) mass is 226 g/mol. The van der Waals surface area contributed by atoms with Crippen LogP contribution in [0, 0.1) is 23.2 Å². The van der Waals surface area contributed by atoms with Crippen molar-refractivity contribution in [3.05, 3.63) is 0 Å². The van der Waals surface area contributed by atoms with Crippen molar-refractivity contribution in [2.45, 2.75) is 52.2 Å². The fourth-order valence-corrected chi connectivity index (χ4v) is 4.67. The lowest BCUT2D eigenvalue weighted by Crippen LogP contribution is -2.48. The second-order valence-corrected chi connectivity index (χ2v) is 6.33. The quantitative estimate of drug-likeness (QED) is 0.686. The molecule has 0 spiro atoms. The Morgan fingerprint density at radius 1 is 0.938 bits per heavy atom. The number of hydrogen-bond acceptors (Lipinski definition) is 2. The molecule has 2 rings (SSSR count). The summed E-state index contributed by atoms with van der Waals surface area (Å²) in [5.74, 6) is 2.57. The Kier molecular flexibility index (Phi) is 3.60. The summed E-state index contributed by atoms with van der Waals surface area (Å²) in [6, 6.07) is 0. The van der Waals surface area contributed by atoms with Gasteiger partial charge >= 0.3 is 0 Å². The van der Waals surface area contributed by atoms with E-state index in [0.29, 0.717) is 5.41 Å². The van der Waals surface area contributed by atoms with Crippen LogP contribution in [0.1, 0.15) is 46.0 Å². The largest absolute Gasteiger partial charge is 0.355 e. The van der Waals surface area contributed by atoms with Crippen molar-refractivity contribution in [2.24, 2.45) is 23.2 Å². The molecule has 0 radical (unpaired) electrons. The molecule has 0 saturated heterocycles. The second kappa shape index (κ2) is 4.66. The molecule has 0 aliphatic heterocycles. The molecule has 2 nitrogen and oxygen atoms in total. The summed E-state index contributed by atoms with van der Waals surface area (Å²) in [7, 11) is 3.58. The van der Waals surface area contributed by atoms with Crippen molar-refractivity contribution in [3.63, 3.8) is 0 Å². The minimum atomic E-state index is 0.000463. The van der Waals surface area contributed by atoms with Crippen molar-refractivity contribution in [1.82, 2.24) is 0 Å². The van der Waals surface area contributed by atoms with Crippen LogP contribution in [0.3, 0.4) is 0 Å². The highest BCUT2D eigenvalue weighted by molar-refractivity contribution is 4.96. The third-order valence-electron chi connectivity index (χ3n) is 4.60. The van der Waals surface area contributed by atoms with E-state index in [-0.39, 0.29) is 6.29 Å². The Morgan fingerprint density at radius 3 is 1.88 bits per heavy atom. The van der Waals surface area contributed by atoms with Crippen molar-refractivity contribution in [2.75, 3.05) is 14.2 Å². The van der Waals surface area contributed by atoms with Crippen LogP contribution in [-0.4, -0.2) is 20.5 Å². The molecule has 2 atom stereocenters. The highest BCUT2D eigenvalue weighted by atomic mass is 16.7. The fraction of sp³-hybridized carbons (Fsp3) is 1.00. The Morgan fingerprint density at radius 2 is 1.44 bits per heavy atom. The van der Waals surface area contributed by atoms with E-state index in [1.807, 2.05) is 0 Å². The van der Waals surface area contributed by atoms with Gasteiger partial charge in [0.1, 0.15) is 0 Å². The van der Waals surface area contributed by atoms with Crippen LogP contribution >= 0.6 is 0 Å². The normalized spacial score (nSPS) is 43.7. The van der Waals surface area contributed by atoms with Gasteiger partial charge in [0, 0.05) is 19.6 Å². The highest BCUT2D eigenvalue weighted by Gasteiger charge is 2.49.